The number of hydrogen-bond acceptors (Lipinski definition) is 5. The number of benzene rings is 2. The molecule has 1 amide bonds. The molecule has 4 rings (SSSR count). The van der Waals surface area contributed by atoms with Crippen molar-refractivity contribution in [2.24, 2.45) is 5.16 Å². The number of furan rings is 1. The molecule has 31 heavy (non-hydrogen) atoms. The highest BCUT2D eigenvalue weighted by atomic mass is 19.1. The van der Waals surface area contributed by atoms with E-state index in [-0.39, 0.29) is 36.7 Å². The quantitative estimate of drug-likeness (QED) is 0.570. The molecule has 0 aliphatic carbocycles. The van der Waals surface area contributed by atoms with Crippen LogP contribution < -0.4 is 4.90 Å². The third kappa shape index (κ3) is 4.77. The number of halogens is 1. The number of amides is 1. The van der Waals surface area contributed by atoms with E-state index in [1.807, 2.05) is 43.3 Å². The van der Waals surface area contributed by atoms with Gasteiger partial charge in [0.05, 0.1) is 18.5 Å². The predicted molar refractivity (Wildman–Crippen MR) is 117 cm³/mol. The average molecular weight is 421 g/mol. The van der Waals surface area contributed by atoms with Crippen LogP contribution in [0.4, 0.5) is 10.1 Å². The molecule has 3 aromatic rings. The number of rotatable bonds is 7. The zero-order chi connectivity index (χ0) is 21.8. The molecule has 1 aromatic heterocycles. The first-order valence-corrected chi connectivity index (χ1v) is 10.1. The van der Waals surface area contributed by atoms with Gasteiger partial charge in [-0.3, -0.25) is 4.79 Å². The van der Waals surface area contributed by atoms with Crippen LogP contribution in [0.25, 0.3) is 0 Å². The maximum atomic E-state index is 14.2. The lowest BCUT2D eigenvalue weighted by molar-refractivity contribution is 0.0385. The standard InChI is InChI=1S/C24H24FN3O3/c1-27(2)19-11-9-17(10-12-19)22-14-20(31-26-22)16-28(24(29)23-8-5-13-30-23)15-18-6-3-4-7-21(18)25/h3-13,20H,14-16H2,1-2H3. The van der Waals surface area contributed by atoms with Crippen molar-refractivity contribution < 1.29 is 18.4 Å². The van der Waals surface area contributed by atoms with E-state index in [0.29, 0.717) is 12.0 Å². The second-order valence-electron chi connectivity index (χ2n) is 7.67. The molecule has 0 bridgehead atoms. The molecule has 0 radical (unpaired) electrons. The van der Waals surface area contributed by atoms with Crippen molar-refractivity contribution in [3.8, 4) is 0 Å². The summed E-state index contributed by atoms with van der Waals surface area (Å²) in [4.78, 5) is 22.2. The molecular formula is C24H24FN3O3. The summed E-state index contributed by atoms with van der Waals surface area (Å²) in [5, 5.41) is 4.23. The van der Waals surface area contributed by atoms with Gasteiger partial charge in [-0.05, 0) is 35.9 Å². The smallest absolute Gasteiger partial charge is 0.289 e. The fourth-order valence-corrected chi connectivity index (χ4v) is 3.50. The Morgan fingerprint density at radius 3 is 2.55 bits per heavy atom. The molecule has 160 valence electrons. The van der Waals surface area contributed by atoms with Crippen LogP contribution in [-0.4, -0.2) is 43.3 Å². The highest BCUT2D eigenvalue weighted by Crippen LogP contribution is 2.22. The van der Waals surface area contributed by atoms with Crippen LogP contribution in [0.1, 0.15) is 28.1 Å². The lowest BCUT2D eigenvalue weighted by atomic mass is 10.0. The molecule has 1 atom stereocenters. The van der Waals surface area contributed by atoms with Gasteiger partial charge in [0, 0.05) is 38.3 Å². The van der Waals surface area contributed by atoms with E-state index in [0.717, 1.165) is 17.0 Å². The van der Waals surface area contributed by atoms with Crippen molar-refractivity contribution >= 4 is 17.3 Å². The number of anilines is 1. The van der Waals surface area contributed by atoms with Gasteiger partial charge in [0.25, 0.3) is 5.91 Å². The minimum Gasteiger partial charge on any atom is -0.459 e. The van der Waals surface area contributed by atoms with E-state index in [9.17, 15) is 9.18 Å². The second kappa shape index (κ2) is 9.04. The predicted octanol–water partition coefficient (Wildman–Crippen LogP) is 4.32. The molecule has 6 nitrogen and oxygen atoms in total. The van der Waals surface area contributed by atoms with Gasteiger partial charge in [-0.15, -0.1) is 0 Å². The summed E-state index contributed by atoms with van der Waals surface area (Å²) in [7, 11) is 3.98. The zero-order valence-electron chi connectivity index (χ0n) is 17.5. The van der Waals surface area contributed by atoms with Crippen molar-refractivity contribution in [3.05, 3.63) is 89.6 Å². The summed E-state index contributed by atoms with van der Waals surface area (Å²) < 4.78 is 19.5. The molecule has 0 fully saturated rings. The highest BCUT2D eigenvalue weighted by Gasteiger charge is 2.28. The molecule has 0 spiro atoms. The fraction of sp³-hybridized carbons (Fsp3) is 0.250. The maximum Gasteiger partial charge on any atom is 0.289 e. The molecule has 2 heterocycles. The Kier molecular flexibility index (Phi) is 6.02. The Labute approximate surface area is 180 Å². The van der Waals surface area contributed by atoms with Crippen LogP contribution in [0.15, 0.2) is 76.5 Å². The van der Waals surface area contributed by atoms with Crippen LogP contribution in [0.2, 0.25) is 0 Å². The van der Waals surface area contributed by atoms with E-state index in [2.05, 4.69) is 5.16 Å². The minimum absolute atomic E-state index is 0.110. The molecular weight excluding hydrogens is 397 g/mol. The van der Waals surface area contributed by atoms with Crippen molar-refractivity contribution in [3.63, 3.8) is 0 Å². The van der Waals surface area contributed by atoms with Crippen LogP contribution in [-0.2, 0) is 11.4 Å². The summed E-state index contributed by atoms with van der Waals surface area (Å²) in [5.41, 5.74) is 3.33. The third-order valence-corrected chi connectivity index (χ3v) is 5.21. The topological polar surface area (TPSA) is 58.3 Å². The third-order valence-electron chi connectivity index (χ3n) is 5.21. The summed E-state index contributed by atoms with van der Waals surface area (Å²) in [6.45, 7) is 0.371. The molecule has 7 heteroatoms. The van der Waals surface area contributed by atoms with Gasteiger partial charge in [0.1, 0.15) is 5.82 Å². The molecule has 2 aromatic carbocycles. The average Bonchev–Trinajstić information content (AvgIpc) is 3.47. The Hall–Kier alpha value is -3.61. The van der Waals surface area contributed by atoms with E-state index < -0.39 is 0 Å². The van der Waals surface area contributed by atoms with Gasteiger partial charge in [0.2, 0.25) is 0 Å². The van der Waals surface area contributed by atoms with E-state index in [1.54, 1.807) is 30.3 Å². The lowest BCUT2D eigenvalue weighted by Crippen LogP contribution is -2.37. The number of nitrogens with zero attached hydrogens (tertiary/aromatic N) is 3. The molecule has 0 saturated carbocycles. The number of carbonyl (C=O) groups is 1. The van der Waals surface area contributed by atoms with Crippen molar-refractivity contribution in [1.29, 1.82) is 0 Å². The highest BCUT2D eigenvalue weighted by molar-refractivity contribution is 6.01. The van der Waals surface area contributed by atoms with Crippen LogP contribution >= 0.6 is 0 Å². The largest absolute Gasteiger partial charge is 0.459 e. The minimum atomic E-state index is -0.356. The van der Waals surface area contributed by atoms with Gasteiger partial charge < -0.3 is 19.1 Å². The maximum absolute atomic E-state index is 14.2. The van der Waals surface area contributed by atoms with Crippen LogP contribution in [0.5, 0.6) is 0 Å². The van der Waals surface area contributed by atoms with Gasteiger partial charge >= 0.3 is 0 Å². The van der Waals surface area contributed by atoms with Gasteiger partial charge in [-0.1, -0.05) is 35.5 Å². The molecule has 1 aliphatic heterocycles. The summed E-state index contributed by atoms with van der Waals surface area (Å²) >= 11 is 0. The normalized spacial score (nSPS) is 15.3. The second-order valence-corrected chi connectivity index (χ2v) is 7.67. The Balaban J connectivity index is 1.47. The first kappa shape index (κ1) is 20.7. The summed E-state index contributed by atoms with van der Waals surface area (Å²) in [6.07, 6.45) is 1.67. The lowest BCUT2D eigenvalue weighted by Gasteiger charge is -2.24. The Bertz CT molecular complexity index is 1060. The van der Waals surface area contributed by atoms with E-state index in [1.165, 1.54) is 17.2 Å². The first-order chi connectivity index (χ1) is 15.0. The van der Waals surface area contributed by atoms with Gasteiger partial charge in [-0.25, -0.2) is 4.39 Å². The fourth-order valence-electron chi connectivity index (χ4n) is 3.50. The van der Waals surface area contributed by atoms with Crippen molar-refractivity contribution in [2.75, 3.05) is 25.5 Å². The Morgan fingerprint density at radius 1 is 1.10 bits per heavy atom. The van der Waals surface area contributed by atoms with Crippen LogP contribution in [0, 0.1) is 5.82 Å². The summed E-state index contributed by atoms with van der Waals surface area (Å²) in [6, 6.07) is 17.7. The first-order valence-electron chi connectivity index (χ1n) is 10.1. The zero-order valence-corrected chi connectivity index (χ0v) is 17.5. The molecule has 1 aliphatic rings. The number of hydrogen-bond donors (Lipinski definition) is 0. The molecule has 0 N–H and O–H groups in total. The van der Waals surface area contributed by atoms with E-state index >= 15 is 0 Å². The van der Waals surface area contributed by atoms with Gasteiger partial charge in [0.15, 0.2) is 11.9 Å². The summed E-state index contributed by atoms with van der Waals surface area (Å²) in [5.74, 6) is -0.472. The Morgan fingerprint density at radius 2 is 1.87 bits per heavy atom. The number of carbonyl (C=O) groups excluding carboxylic acids is 1. The van der Waals surface area contributed by atoms with Crippen LogP contribution in [0.3, 0.4) is 0 Å². The number of oxime groups is 1. The molecule has 1 unspecified atom stereocenters. The van der Waals surface area contributed by atoms with Gasteiger partial charge in [-0.2, -0.15) is 0 Å². The molecule has 0 saturated heterocycles. The monoisotopic (exact) mass is 421 g/mol. The van der Waals surface area contributed by atoms with E-state index in [4.69, 9.17) is 9.25 Å². The van der Waals surface area contributed by atoms with Crippen molar-refractivity contribution in [1.82, 2.24) is 4.90 Å². The SMILES string of the molecule is CN(C)c1ccc(C2=NOC(CN(Cc3ccccc3F)C(=O)c3ccco3)C2)cc1. The van der Waals surface area contributed by atoms with Crippen molar-refractivity contribution in [2.45, 2.75) is 19.1 Å².